The van der Waals surface area contributed by atoms with Crippen molar-refractivity contribution in [1.29, 1.82) is 0 Å². The molecule has 1 aromatic carbocycles. The zero-order valence-corrected chi connectivity index (χ0v) is 7.50. The van der Waals surface area contributed by atoms with Crippen molar-refractivity contribution < 1.29 is 13.2 Å². The third-order valence-corrected chi connectivity index (χ3v) is 2.19. The van der Waals surface area contributed by atoms with Crippen LogP contribution in [0.1, 0.15) is 12.6 Å². The van der Waals surface area contributed by atoms with E-state index in [-0.39, 0.29) is 5.39 Å². The number of rotatable bonds is 1. The SMILES string of the molecule is CCc1cc2c(F)c(F)c(F)cc2[nH]1. The van der Waals surface area contributed by atoms with Gasteiger partial charge in [-0.1, -0.05) is 6.92 Å². The average Bonchev–Trinajstić information content (AvgIpc) is 2.57. The highest BCUT2D eigenvalue weighted by Gasteiger charge is 2.14. The summed E-state index contributed by atoms with van der Waals surface area (Å²) in [6, 6.07) is 2.46. The van der Waals surface area contributed by atoms with Gasteiger partial charge in [0.2, 0.25) is 0 Å². The molecule has 0 amide bonds. The number of hydrogen-bond donors (Lipinski definition) is 1. The van der Waals surface area contributed by atoms with E-state index in [1.165, 1.54) is 6.07 Å². The molecule has 0 bridgehead atoms. The molecule has 0 aliphatic heterocycles. The summed E-state index contributed by atoms with van der Waals surface area (Å²) in [6.45, 7) is 1.87. The maximum absolute atomic E-state index is 13.2. The number of hydrogen-bond acceptors (Lipinski definition) is 0. The summed E-state index contributed by atoms with van der Waals surface area (Å²) >= 11 is 0. The van der Waals surface area contributed by atoms with Crippen LogP contribution in [0.15, 0.2) is 12.1 Å². The van der Waals surface area contributed by atoms with Gasteiger partial charge < -0.3 is 4.98 Å². The van der Waals surface area contributed by atoms with Crippen LogP contribution in [-0.2, 0) is 6.42 Å². The van der Waals surface area contributed by atoms with Crippen LogP contribution in [0.5, 0.6) is 0 Å². The first kappa shape index (κ1) is 9.12. The van der Waals surface area contributed by atoms with Gasteiger partial charge in [0, 0.05) is 17.1 Å². The van der Waals surface area contributed by atoms with Crippen molar-refractivity contribution in [2.45, 2.75) is 13.3 Å². The third kappa shape index (κ3) is 1.18. The molecule has 0 radical (unpaired) electrons. The summed E-state index contributed by atoms with van der Waals surface area (Å²) in [6.07, 6.45) is 0.664. The Kier molecular flexibility index (Phi) is 1.98. The molecule has 1 heterocycles. The Balaban J connectivity index is 2.81. The summed E-state index contributed by atoms with van der Waals surface area (Å²) < 4.78 is 38.8. The summed E-state index contributed by atoms with van der Waals surface area (Å²) in [7, 11) is 0. The number of aryl methyl sites for hydroxylation is 1. The van der Waals surface area contributed by atoms with Crippen LogP contribution in [0.3, 0.4) is 0 Å². The van der Waals surface area contributed by atoms with Gasteiger partial charge in [0.05, 0.1) is 5.52 Å². The van der Waals surface area contributed by atoms with Crippen LogP contribution in [0, 0.1) is 17.5 Å². The number of H-pyrrole nitrogens is 1. The van der Waals surface area contributed by atoms with Gasteiger partial charge in [0.25, 0.3) is 0 Å². The monoisotopic (exact) mass is 199 g/mol. The van der Waals surface area contributed by atoms with E-state index in [1.807, 2.05) is 6.92 Å². The molecule has 0 saturated heterocycles. The minimum Gasteiger partial charge on any atom is -0.358 e. The molecule has 14 heavy (non-hydrogen) atoms. The van der Waals surface area contributed by atoms with Crippen molar-refractivity contribution >= 4 is 10.9 Å². The van der Waals surface area contributed by atoms with E-state index >= 15 is 0 Å². The normalized spacial score (nSPS) is 11.1. The minimum atomic E-state index is -1.42. The third-order valence-electron chi connectivity index (χ3n) is 2.19. The van der Waals surface area contributed by atoms with E-state index in [9.17, 15) is 13.2 Å². The Morgan fingerprint density at radius 2 is 1.86 bits per heavy atom. The first-order valence-electron chi connectivity index (χ1n) is 4.28. The molecule has 4 heteroatoms. The van der Waals surface area contributed by atoms with Crippen molar-refractivity contribution in [2.24, 2.45) is 0 Å². The summed E-state index contributed by atoms with van der Waals surface area (Å²) in [5, 5.41) is 0.0979. The van der Waals surface area contributed by atoms with Gasteiger partial charge in [-0.15, -0.1) is 0 Å². The zero-order valence-electron chi connectivity index (χ0n) is 7.50. The quantitative estimate of drug-likeness (QED) is 0.679. The molecular weight excluding hydrogens is 191 g/mol. The van der Waals surface area contributed by atoms with Gasteiger partial charge in [0.1, 0.15) is 0 Å². The molecule has 2 rings (SSSR count). The van der Waals surface area contributed by atoms with Gasteiger partial charge in [-0.05, 0) is 12.5 Å². The van der Waals surface area contributed by atoms with E-state index < -0.39 is 17.5 Å². The Morgan fingerprint density at radius 1 is 1.14 bits per heavy atom. The first-order chi connectivity index (χ1) is 6.63. The molecule has 0 unspecified atom stereocenters. The largest absolute Gasteiger partial charge is 0.358 e. The summed E-state index contributed by atoms with van der Waals surface area (Å²) in [5.74, 6) is -3.71. The molecule has 74 valence electrons. The Hall–Kier alpha value is -1.45. The maximum atomic E-state index is 13.2. The van der Waals surface area contributed by atoms with E-state index in [2.05, 4.69) is 4.98 Å². The lowest BCUT2D eigenvalue weighted by molar-refractivity contribution is 0.453. The molecular formula is C10H8F3N. The summed E-state index contributed by atoms with van der Waals surface area (Å²) in [5.41, 5.74) is 1.04. The Labute approximate surface area is 78.5 Å². The molecule has 0 fully saturated rings. The second kappa shape index (κ2) is 3.04. The molecule has 1 N–H and O–H groups in total. The van der Waals surface area contributed by atoms with Gasteiger partial charge in [-0.3, -0.25) is 0 Å². The molecule has 0 aliphatic rings. The highest BCUT2D eigenvalue weighted by atomic mass is 19.2. The number of aromatic nitrogens is 1. The number of fused-ring (bicyclic) bond motifs is 1. The smallest absolute Gasteiger partial charge is 0.195 e. The topological polar surface area (TPSA) is 15.8 Å². The van der Waals surface area contributed by atoms with Gasteiger partial charge >= 0.3 is 0 Å². The first-order valence-corrected chi connectivity index (χ1v) is 4.28. The number of halogens is 3. The second-order valence-electron chi connectivity index (χ2n) is 3.10. The van der Waals surface area contributed by atoms with E-state index in [0.29, 0.717) is 11.9 Å². The molecule has 0 spiro atoms. The second-order valence-corrected chi connectivity index (χ2v) is 3.10. The standard InChI is InChI=1S/C10H8F3N/c1-2-5-3-6-8(14-5)4-7(11)10(13)9(6)12/h3-4,14H,2H2,1H3. The fraction of sp³-hybridized carbons (Fsp3) is 0.200. The lowest BCUT2D eigenvalue weighted by Gasteiger charge is -1.95. The van der Waals surface area contributed by atoms with Gasteiger partial charge in [0.15, 0.2) is 17.5 Å². The predicted molar refractivity (Wildman–Crippen MR) is 47.6 cm³/mol. The number of aromatic amines is 1. The van der Waals surface area contributed by atoms with Crippen molar-refractivity contribution in [3.05, 3.63) is 35.3 Å². The zero-order chi connectivity index (χ0) is 10.3. The van der Waals surface area contributed by atoms with E-state index in [4.69, 9.17) is 0 Å². The van der Waals surface area contributed by atoms with E-state index in [1.54, 1.807) is 0 Å². The van der Waals surface area contributed by atoms with E-state index in [0.717, 1.165) is 11.8 Å². The maximum Gasteiger partial charge on any atom is 0.195 e. The molecule has 1 nitrogen and oxygen atoms in total. The average molecular weight is 199 g/mol. The van der Waals surface area contributed by atoms with Crippen molar-refractivity contribution in [1.82, 2.24) is 4.98 Å². The fourth-order valence-corrected chi connectivity index (χ4v) is 1.43. The molecule has 2 aromatic rings. The van der Waals surface area contributed by atoms with Crippen molar-refractivity contribution in [3.63, 3.8) is 0 Å². The van der Waals surface area contributed by atoms with Gasteiger partial charge in [-0.25, -0.2) is 13.2 Å². The molecule has 0 aliphatic carbocycles. The van der Waals surface area contributed by atoms with Crippen LogP contribution >= 0.6 is 0 Å². The number of nitrogens with one attached hydrogen (secondary N) is 1. The number of benzene rings is 1. The van der Waals surface area contributed by atoms with Crippen LogP contribution in [0.4, 0.5) is 13.2 Å². The highest BCUT2D eigenvalue weighted by molar-refractivity contribution is 5.81. The summed E-state index contributed by atoms with van der Waals surface area (Å²) in [4.78, 5) is 2.81. The highest BCUT2D eigenvalue weighted by Crippen LogP contribution is 2.23. The van der Waals surface area contributed by atoms with Crippen LogP contribution in [-0.4, -0.2) is 4.98 Å². The molecule has 0 atom stereocenters. The Bertz CT molecular complexity index is 488. The predicted octanol–water partition coefficient (Wildman–Crippen LogP) is 3.15. The molecule has 1 aromatic heterocycles. The van der Waals surface area contributed by atoms with Crippen molar-refractivity contribution in [2.75, 3.05) is 0 Å². The molecule has 0 saturated carbocycles. The van der Waals surface area contributed by atoms with Gasteiger partial charge in [-0.2, -0.15) is 0 Å². The van der Waals surface area contributed by atoms with Crippen LogP contribution < -0.4 is 0 Å². The van der Waals surface area contributed by atoms with Crippen molar-refractivity contribution in [3.8, 4) is 0 Å². The van der Waals surface area contributed by atoms with Crippen LogP contribution in [0.2, 0.25) is 0 Å². The minimum absolute atomic E-state index is 0.0979. The lowest BCUT2D eigenvalue weighted by Crippen LogP contribution is -1.90. The lowest BCUT2D eigenvalue weighted by atomic mass is 10.2. The fourth-order valence-electron chi connectivity index (χ4n) is 1.43. The van der Waals surface area contributed by atoms with Crippen LogP contribution in [0.25, 0.3) is 10.9 Å². The Morgan fingerprint density at radius 3 is 2.50 bits per heavy atom.